The molecule has 0 saturated heterocycles. The molecule has 8 heteroatoms. The van der Waals surface area contributed by atoms with Crippen LogP contribution in [-0.4, -0.2) is 40.9 Å². The van der Waals surface area contributed by atoms with Crippen molar-refractivity contribution >= 4 is 21.8 Å². The number of rotatable bonds is 12. The molecule has 0 aliphatic heterocycles. The lowest BCUT2D eigenvalue weighted by Crippen LogP contribution is -2.27. The van der Waals surface area contributed by atoms with Crippen LogP contribution in [0.15, 0.2) is 59.1 Å². The van der Waals surface area contributed by atoms with Crippen LogP contribution in [0.25, 0.3) is 0 Å². The van der Waals surface area contributed by atoms with E-state index in [4.69, 9.17) is 23.7 Å². The second-order valence-corrected chi connectivity index (χ2v) is 8.49. The summed E-state index contributed by atoms with van der Waals surface area (Å²) in [7, 11) is 6.33. The minimum Gasteiger partial charge on any atom is -0.493 e. The first-order chi connectivity index (χ1) is 17.0. The molecule has 35 heavy (non-hydrogen) atoms. The number of hydrogen-bond acceptors (Lipinski definition) is 6. The summed E-state index contributed by atoms with van der Waals surface area (Å²) in [6.07, 6.45) is 0.764. The van der Waals surface area contributed by atoms with Gasteiger partial charge in [-0.1, -0.05) is 52.3 Å². The Kier molecular flexibility index (Phi) is 9.66. The Hall–Kier alpha value is -3.39. The fraction of sp³-hybridized carbons (Fsp3) is 0.296. The highest BCUT2D eigenvalue weighted by molar-refractivity contribution is 9.10. The maximum absolute atomic E-state index is 12.6. The number of carbonyl (C=O) groups excluding carboxylic acids is 1. The summed E-state index contributed by atoms with van der Waals surface area (Å²) in [6, 6.07) is 17.2. The molecule has 1 N–H and O–H groups in total. The topological polar surface area (TPSA) is 75.3 Å². The Morgan fingerprint density at radius 3 is 2.14 bits per heavy atom. The molecule has 3 aromatic rings. The normalized spacial score (nSPS) is 10.4. The molecule has 0 aliphatic rings. The maximum atomic E-state index is 12.6. The first-order valence-corrected chi connectivity index (χ1v) is 11.9. The van der Waals surface area contributed by atoms with Gasteiger partial charge < -0.3 is 29.0 Å². The average molecular weight is 544 g/mol. The SMILES string of the molecule is COc1cc(Br)c(CC(=O)NCCc2ccc(OC)c(OCc3ccccc3)c2OC)cc1OC. The van der Waals surface area contributed by atoms with Gasteiger partial charge in [-0.05, 0) is 35.7 Å². The van der Waals surface area contributed by atoms with Crippen molar-refractivity contribution in [3.8, 4) is 28.7 Å². The van der Waals surface area contributed by atoms with Crippen LogP contribution in [0.5, 0.6) is 28.7 Å². The molecule has 0 radical (unpaired) electrons. The van der Waals surface area contributed by atoms with Gasteiger partial charge in [0.2, 0.25) is 11.7 Å². The highest BCUT2D eigenvalue weighted by atomic mass is 79.9. The predicted octanol–water partition coefficient (Wildman–Crippen LogP) is 4.96. The third-order valence-corrected chi connectivity index (χ3v) is 6.17. The van der Waals surface area contributed by atoms with Gasteiger partial charge >= 0.3 is 0 Å². The second-order valence-electron chi connectivity index (χ2n) is 7.64. The summed E-state index contributed by atoms with van der Waals surface area (Å²) in [6.45, 7) is 0.818. The highest BCUT2D eigenvalue weighted by Gasteiger charge is 2.18. The van der Waals surface area contributed by atoms with Crippen molar-refractivity contribution in [1.29, 1.82) is 0 Å². The van der Waals surface area contributed by atoms with Crippen molar-refractivity contribution in [1.82, 2.24) is 5.32 Å². The minimum atomic E-state index is -0.106. The second kappa shape index (κ2) is 12.9. The number of methoxy groups -OCH3 is 4. The molecule has 0 atom stereocenters. The Bertz CT molecular complexity index is 1140. The van der Waals surface area contributed by atoms with Crippen molar-refractivity contribution in [2.75, 3.05) is 35.0 Å². The van der Waals surface area contributed by atoms with Crippen molar-refractivity contribution in [3.63, 3.8) is 0 Å². The molecule has 3 aromatic carbocycles. The van der Waals surface area contributed by atoms with Crippen LogP contribution in [0.4, 0.5) is 0 Å². The van der Waals surface area contributed by atoms with E-state index < -0.39 is 0 Å². The molecule has 0 aliphatic carbocycles. The van der Waals surface area contributed by atoms with Crippen LogP contribution in [-0.2, 0) is 24.2 Å². The lowest BCUT2D eigenvalue weighted by molar-refractivity contribution is -0.120. The number of carbonyl (C=O) groups is 1. The first-order valence-electron chi connectivity index (χ1n) is 11.1. The maximum Gasteiger partial charge on any atom is 0.224 e. The van der Waals surface area contributed by atoms with Gasteiger partial charge in [-0.2, -0.15) is 0 Å². The van der Waals surface area contributed by atoms with Crippen molar-refractivity contribution < 1.29 is 28.5 Å². The van der Waals surface area contributed by atoms with Gasteiger partial charge in [-0.15, -0.1) is 0 Å². The van der Waals surface area contributed by atoms with Crippen LogP contribution in [0.1, 0.15) is 16.7 Å². The van der Waals surface area contributed by atoms with Crippen molar-refractivity contribution in [2.45, 2.75) is 19.4 Å². The summed E-state index contributed by atoms with van der Waals surface area (Å²) >= 11 is 3.50. The predicted molar refractivity (Wildman–Crippen MR) is 138 cm³/mol. The third-order valence-electron chi connectivity index (χ3n) is 5.43. The standard InChI is InChI=1S/C27H30BrNO6/c1-31-22-11-10-19(26(34-4)27(22)35-17-18-8-6-5-7-9-18)12-13-29-25(30)15-20-14-23(32-2)24(33-3)16-21(20)28/h5-11,14,16H,12-13,15,17H2,1-4H3,(H,29,30). The molecule has 1 amide bonds. The van der Waals surface area contributed by atoms with Crippen molar-refractivity contribution in [3.05, 3.63) is 75.8 Å². The van der Waals surface area contributed by atoms with E-state index in [2.05, 4.69) is 21.2 Å². The van der Waals surface area contributed by atoms with Gasteiger partial charge in [-0.3, -0.25) is 4.79 Å². The Balaban J connectivity index is 1.65. The van der Waals surface area contributed by atoms with E-state index in [1.165, 1.54) is 0 Å². The van der Waals surface area contributed by atoms with E-state index in [1.54, 1.807) is 40.6 Å². The number of ether oxygens (including phenoxy) is 5. The van der Waals surface area contributed by atoms with E-state index in [1.807, 2.05) is 42.5 Å². The molecule has 0 fully saturated rings. The molecule has 0 heterocycles. The molecular formula is C27H30BrNO6. The van der Waals surface area contributed by atoms with E-state index in [-0.39, 0.29) is 12.3 Å². The number of amides is 1. The fourth-order valence-corrected chi connectivity index (χ4v) is 4.10. The van der Waals surface area contributed by atoms with Crippen LogP contribution in [0, 0.1) is 0 Å². The third kappa shape index (κ3) is 6.82. The minimum absolute atomic E-state index is 0.106. The first kappa shape index (κ1) is 26.2. The zero-order chi connectivity index (χ0) is 25.2. The molecule has 0 saturated carbocycles. The molecule has 186 valence electrons. The van der Waals surface area contributed by atoms with Gasteiger partial charge in [-0.25, -0.2) is 0 Å². The van der Waals surface area contributed by atoms with E-state index in [9.17, 15) is 4.79 Å². The van der Waals surface area contributed by atoms with Gasteiger partial charge in [0, 0.05) is 16.6 Å². The molecule has 3 rings (SSSR count). The molecule has 0 aromatic heterocycles. The van der Waals surface area contributed by atoms with Gasteiger partial charge in [0.05, 0.1) is 34.9 Å². The quantitative estimate of drug-likeness (QED) is 0.348. The Morgan fingerprint density at radius 1 is 0.800 bits per heavy atom. The fourth-order valence-electron chi connectivity index (χ4n) is 3.64. The number of halogens is 1. The van der Waals surface area contributed by atoms with Crippen LogP contribution in [0.2, 0.25) is 0 Å². The van der Waals surface area contributed by atoms with Crippen LogP contribution < -0.4 is 29.0 Å². The van der Waals surface area contributed by atoms with Gasteiger partial charge in [0.1, 0.15) is 6.61 Å². The van der Waals surface area contributed by atoms with E-state index in [0.29, 0.717) is 48.3 Å². The average Bonchev–Trinajstić information content (AvgIpc) is 2.88. The molecule has 0 unspecified atom stereocenters. The number of hydrogen-bond donors (Lipinski definition) is 1. The molecule has 7 nitrogen and oxygen atoms in total. The highest BCUT2D eigenvalue weighted by Crippen LogP contribution is 2.40. The molecule has 0 spiro atoms. The summed E-state index contributed by atoms with van der Waals surface area (Å²) in [5.74, 6) is 2.79. The smallest absolute Gasteiger partial charge is 0.224 e. The van der Waals surface area contributed by atoms with Gasteiger partial charge in [0.15, 0.2) is 23.0 Å². The number of nitrogens with one attached hydrogen (secondary N) is 1. The number of benzene rings is 3. The summed E-state index contributed by atoms with van der Waals surface area (Å²) in [4.78, 5) is 12.6. The Morgan fingerprint density at radius 2 is 1.49 bits per heavy atom. The van der Waals surface area contributed by atoms with Gasteiger partial charge in [0.25, 0.3) is 0 Å². The largest absolute Gasteiger partial charge is 0.493 e. The van der Waals surface area contributed by atoms with Crippen molar-refractivity contribution in [2.24, 2.45) is 0 Å². The lowest BCUT2D eigenvalue weighted by atomic mass is 10.1. The molecular weight excluding hydrogens is 514 g/mol. The lowest BCUT2D eigenvalue weighted by Gasteiger charge is -2.18. The van der Waals surface area contributed by atoms with E-state index in [0.717, 1.165) is 21.2 Å². The zero-order valence-electron chi connectivity index (χ0n) is 20.4. The summed E-state index contributed by atoms with van der Waals surface area (Å²) < 4.78 is 28.7. The van der Waals surface area contributed by atoms with Crippen LogP contribution in [0.3, 0.4) is 0 Å². The zero-order valence-corrected chi connectivity index (χ0v) is 21.9. The van der Waals surface area contributed by atoms with Crippen LogP contribution >= 0.6 is 15.9 Å². The Labute approximate surface area is 214 Å². The van der Waals surface area contributed by atoms with E-state index >= 15 is 0 Å². The molecule has 0 bridgehead atoms. The summed E-state index contributed by atoms with van der Waals surface area (Å²) in [5.41, 5.74) is 2.75. The monoisotopic (exact) mass is 543 g/mol. The summed E-state index contributed by atoms with van der Waals surface area (Å²) in [5, 5.41) is 2.97.